The number of alkyl halides is 1. The molecule has 0 unspecified atom stereocenters. The lowest BCUT2D eigenvalue weighted by Crippen LogP contribution is -2.30. The second-order valence-corrected chi connectivity index (χ2v) is 11.7. The third-order valence-corrected chi connectivity index (χ3v) is 8.36. The Balaban J connectivity index is 1.41. The van der Waals surface area contributed by atoms with E-state index in [2.05, 4.69) is 50.8 Å². The number of benzene rings is 1. The maximum absolute atomic E-state index is 13.3. The summed E-state index contributed by atoms with van der Waals surface area (Å²) in [6.45, 7) is 6.68. The molecule has 3 heterocycles. The van der Waals surface area contributed by atoms with Crippen molar-refractivity contribution in [2.24, 2.45) is 0 Å². The van der Waals surface area contributed by atoms with Crippen LogP contribution in [0.4, 0.5) is 11.4 Å². The molecule has 4 rings (SSSR count). The second kappa shape index (κ2) is 16.6. The highest BCUT2D eigenvalue weighted by Crippen LogP contribution is 2.31. The smallest absolute Gasteiger partial charge is 0.251 e. The molecule has 1 aromatic carbocycles. The lowest BCUT2D eigenvalue weighted by molar-refractivity contribution is -0.116. The Morgan fingerprint density at radius 3 is 2.57 bits per heavy atom. The lowest BCUT2D eigenvalue weighted by atomic mass is 10.0. The van der Waals surface area contributed by atoms with Crippen LogP contribution in [0.25, 0.3) is 11.0 Å². The molecular weight excluding hydrogens is 596 g/mol. The fraction of sp³-hybridized carbons (Fsp3) is 0.562. The van der Waals surface area contributed by atoms with E-state index in [0.29, 0.717) is 24.2 Å². The second-order valence-electron chi connectivity index (χ2n) is 10.9. The van der Waals surface area contributed by atoms with E-state index in [0.717, 1.165) is 91.6 Å². The van der Waals surface area contributed by atoms with Crippen molar-refractivity contribution in [1.29, 1.82) is 0 Å². The third kappa shape index (κ3) is 8.77. The van der Waals surface area contributed by atoms with Crippen LogP contribution in [0.2, 0.25) is 0 Å². The largest absolute Gasteiger partial charge is 0.381 e. The van der Waals surface area contributed by atoms with Gasteiger partial charge in [0.05, 0.1) is 17.3 Å². The summed E-state index contributed by atoms with van der Waals surface area (Å²) in [6.07, 6.45) is 11.7. The number of fused-ring (bicyclic) bond motifs is 1. The zero-order chi connectivity index (χ0) is 29.7. The molecule has 2 amide bonds. The van der Waals surface area contributed by atoms with Crippen LogP contribution in [-0.4, -0.2) is 51.2 Å². The molecule has 0 bridgehead atoms. The highest BCUT2D eigenvalue weighted by molar-refractivity contribution is 9.09. The van der Waals surface area contributed by atoms with Crippen LogP contribution in [0.15, 0.2) is 30.5 Å². The Bertz CT molecular complexity index is 1320. The molecule has 1 aliphatic rings. The van der Waals surface area contributed by atoms with Crippen molar-refractivity contribution in [1.82, 2.24) is 20.1 Å². The third-order valence-electron chi connectivity index (χ3n) is 7.80. The van der Waals surface area contributed by atoms with Gasteiger partial charge in [-0.1, -0.05) is 54.6 Å². The van der Waals surface area contributed by atoms with E-state index in [4.69, 9.17) is 9.72 Å². The summed E-state index contributed by atoms with van der Waals surface area (Å²) in [6, 6.07) is 7.42. The van der Waals surface area contributed by atoms with E-state index < -0.39 is 0 Å². The number of amides is 2. The van der Waals surface area contributed by atoms with Gasteiger partial charge >= 0.3 is 0 Å². The average molecular weight is 642 g/mol. The number of nitrogens with one attached hydrogen (secondary N) is 3. The van der Waals surface area contributed by atoms with Crippen molar-refractivity contribution in [3.8, 4) is 0 Å². The summed E-state index contributed by atoms with van der Waals surface area (Å²) < 4.78 is 7.48. The zero-order valence-electron chi connectivity index (χ0n) is 25.0. The van der Waals surface area contributed by atoms with Gasteiger partial charge in [-0.05, 0) is 57.2 Å². The van der Waals surface area contributed by atoms with Gasteiger partial charge in [0.2, 0.25) is 5.91 Å². The topological polar surface area (TPSA) is 110 Å². The van der Waals surface area contributed by atoms with Crippen LogP contribution >= 0.6 is 15.9 Å². The Morgan fingerprint density at radius 1 is 1.07 bits per heavy atom. The van der Waals surface area contributed by atoms with Crippen LogP contribution in [0.5, 0.6) is 0 Å². The quantitative estimate of drug-likeness (QED) is 0.120. The van der Waals surface area contributed by atoms with Crippen LogP contribution < -0.4 is 16.0 Å². The number of rotatable bonds is 16. The van der Waals surface area contributed by atoms with Gasteiger partial charge < -0.3 is 20.7 Å². The van der Waals surface area contributed by atoms with Crippen molar-refractivity contribution in [2.45, 2.75) is 97.2 Å². The molecule has 228 valence electrons. The monoisotopic (exact) mass is 640 g/mol. The predicted molar refractivity (Wildman–Crippen MR) is 172 cm³/mol. The minimum absolute atomic E-state index is 0.0172. The van der Waals surface area contributed by atoms with Crippen molar-refractivity contribution in [2.75, 3.05) is 29.2 Å². The fourth-order valence-electron chi connectivity index (χ4n) is 5.42. The fourth-order valence-corrected chi connectivity index (χ4v) is 5.82. The number of aryl methyl sites for hydroxylation is 2. The number of hydrogen-bond acceptors (Lipinski definition) is 6. The Kier molecular flexibility index (Phi) is 12.6. The summed E-state index contributed by atoms with van der Waals surface area (Å²) in [4.78, 5) is 30.7. The maximum atomic E-state index is 13.3. The van der Waals surface area contributed by atoms with Gasteiger partial charge in [-0.3, -0.25) is 9.59 Å². The highest BCUT2D eigenvalue weighted by Gasteiger charge is 2.22. The van der Waals surface area contributed by atoms with Gasteiger partial charge in [0, 0.05) is 66.6 Å². The number of hydrogen-bond donors (Lipinski definition) is 3. The molecule has 9 nitrogen and oxygen atoms in total. The molecule has 0 atom stereocenters. The SMILES string of the molecule is CCc1nc2c(cnn2CC)c(NC2CCOCC2)c1CNC(=O)c1cccc(NC(=O)CCCCCCCCBr)c1. The van der Waals surface area contributed by atoms with Gasteiger partial charge in [-0.15, -0.1) is 0 Å². The number of carbonyl (C=O) groups excluding carboxylic acids is 2. The molecule has 2 aromatic heterocycles. The van der Waals surface area contributed by atoms with E-state index in [1.165, 1.54) is 19.3 Å². The molecule has 0 spiro atoms. The van der Waals surface area contributed by atoms with Gasteiger partial charge in [0.25, 0.3) is 5.91 Å². The minimum atomic E-state index is -0.196. The summed E-state index contributed by atoms with van der Waals surface area (Å²) >= 11 is 3.46. The number of carbonyl (C=O) groups is 2. The molecule has 1 fully saturated rings. The van der Waals surface area contributed by atoms with E-state index in [1.54, 1.807) is 18.2 Å². The van der Waals surface area contributed by atoms with E-state index in [-0.39, 0.29) is 17.9 Å². The molecule has 0 radical (unpaired) electrons. The molecule has 0 aliphatic carbocycles. The number of nitrogens with zero attached hydrogens (tertiary/aromatic N) is 3. The van der Waals surface area contributed by atoms with Crippen molar-refractivity contribution >= 4 is 50.2 Å². The molecule has 1 saturated heterocycles. The number of halogens is 1. The highest BCUT2D eigenvalue weighted by atomic mass is 79.9. The maximum Gasteiger partial charge on any atom is 0.251 e. The first kappa shape index (κ1) is 31.9. The van der Waals surface area contributed by atoms with E-state index in [9.17, 15) is 9.59 Å². The minimum Gasteiger partial charge on any atom is -0.381 e. The van der Waals surface area contributed by atoms with Crippen LogP contribution in [0.3, 0.4) is 0 Å². The van der Waals surface area contributed by atoms with Crippen LogP contribution in [-0.2, 0) is 29.0 Å². The van der Waals surface area contributed by atoms with Crippen molar-refractivity contribution in [3.63, 3.8) is 0 Å². The van der Waals surface area contributed by atoms with Crippen LogP contribution in [0, 0.1) is 0 Å². The summed E-state index contributed by atoms with van der Waals surface area (Å²) in [5.74, 6) is -0.213. The van der Waals surface area contributed by atoms with Gasteiger partial charge in [0.1, 0.15) is 0 Å². The van der Waals surface area contributed by atoms with E-state index >= 15 is 0 Å². The molecule has 42 heavy (non-hydrogen) atoms. The molecule has 3 N–H and O–H groups in total. The van der Waals surface area contributed by atoms with Crippen molar-refractivity contribution < 1.29 is 14.3 Å². The predicted octanol–water partition coefficient (Wildman–Crippen LogP) is 6.60. The van der Waals surface area contributed by atoms with Gasteiger partial charge in [-0.2, -0.15) is 5.10 Å². The summed E-state index contributed by atoms with van der Waals surface area (Å²) in [5.41, 5.74) is 4.92. The first-order chi connectivity index (χ1) is 20.5. The lowest BCUT2D eigenvalue weighted by Gasteiger charge is -2.26. The van der Waals surface area contributed by atoms with Crippen molar-refractivity contribution in [3.05, 3.63) is 47.3 Å². The standard InChI is InChI=1S/C32H45BrN6O3/c1-3-28-26(30(37-24-15-18-42-19-16-24)27-22-35-39(4-2)31(27)38-28)21-34-32(41)23-12-11-13-25(20-23)36-29(40)14-9-7-5-6-8-10-17-33/h11-13,20,22,24H,3-10,14-19,21H2,1-2H3,(H,34,41)(H,36,40)(H,37,38). The average Bonchev–Trinajstić information content (AvgIpc) is 3.43. The van der Waals surface area contributed by atoms with Gasteiger partial charge in [-0.25, -0.2) is 9.67 Å². The number of pyridine rings is 1. The molecule has 10 heteroatoms. The molecule has 0 saturated carbocycles. The Morgan fingerprint density at radius 2 is 1.83 bits per heavy atom. The number of aromatic nitrogens is 3. The first-order valence-electron chi connectivity index (χ1n) is 15.5. The molecule has 1 aliphatic heterocycles. The summed E-state index contributed by atoms with van der Waals surface area (Å²) in [7, 11) is 0. The number of anilines is 2. The molecule has 3 aromatic rings. The zero-order valence-corrected chi connectivity index (χ0v) is 26.6. The Labute approximate surface area is 257 Å². The molecular formula is C32H45BrN6O3. The van der Waals surface area contributed by atoms with E-state index in [1.807, 2.05) is 16.9 Å². The van der Waals surface area contributed by atoms with Gasteiger partial charge in [0.15, 0.2) is 5.65 Å². The van der Waals surface area contributed by atoms with Crippen LogP contribution in [0.1, 0.15) is 93.3 Å². The number of ether oxygens (including phenoxy) is 1. The Hall–Kier alpha value is -2.98. The normalized spacial score (nSPS) is 13.8. The number of unbranched alkanes of at least 4 members (excludes halogenated alkanes) is 5. The summed E-state index contributed by atoms with van der Waals surface area (Å²) in [5, 5.41) is 16.4. The first-order valence-corrected chi connectivity index (χ1v) is 16.6.